The average Bonchev–Trinajstić information content (AvgIpc) is 3.01. The first kappa shape index (κ1) is 24.1. The molecule has 1 aromatic rings. The molecule has 3 rings (SSSR count). The van der Waals surface area contributed by atoms with Crippen LogP contribution in [0.15, 0.2) is 18.2 Å². The van der Waals surface area contributed by atoms with Gasteiger partial charge in [0.1, 0.15) is 6.04 Å². The topological polar surface area (TPSA) is 150 Å². The van der Waals surface area contributed by atoms with Crippen molar-refractivity contribution in [2.24, 2.45) is 0 Å². The zero-order valence-electron chi connectivity index (χ0n) is 18.2. The first-order valence-corrected chi connectivity index (χ1v) is 11.2. The fraction of sp³-hybridized carbons (Fsp3) is 0.478. The molecule has 0 radical (unpaired) electrons. The molecule has 0 aromatic heterocycles. The molecular formula is C23H27N3O7. The van der Waals surface area contributed by atoms with E-state index in [0.717, 1.165) is 30.6 Å². The van der Waals surface area contributed by atoms with Crippen molar-refractivity contribution in [2.75, 3.05) is 5.32 Å². The lowest BCUT2D eigenvalue weighted by molar-refractivity contribution is -0.138. The molecular weight excluding hydrogens is 430 g/mol. The van der Waals surface area contributed by atoms with E-state index in [9.17, 15) is 28.8 Å². The minimum atomic E-state index is -1.06. The molecule has 1 atom stereocenters. The molecule has 0 spiro atoms. The number of carboxylic acid groups (broad SMARTS) is 1. The fourth-order valence-corrected chi connectivity index (χ4v) is 4.10. The molecule has 1 aromatic carbocycles. The molecule has 2 aliphatic heterocycles. The van der Waals surface area contributed by atoms with Gasteiger partial charge in [0.2, 0.25) is 17.7 Å². The molecule has 5 amide bonds. The molecule has 0 saturated carbocycles. The number of nitrogens with one attached hydrogen (secondary N) is 2. The first-order chi connectivity index (χ1) is 15.8. The minimum Gasteiger partial charge on any atom is -0.481 e. The summed E-state index contributed by atoms with van der Waals surface area (Å²) in [6, 6.07) is 3.51. The highest BCUT2D eigenvalue weighted by Gasteiger charge is 2.45. The molecule has 1 unspecified atom stereocenters. The summed E-state index contributed by atoms with van der Waals surface area (Å²) in [5.41, 5.74) is 0.391. The molecule has 2 aliphatic rings. The van der Waals surface area contributed by atoms with Gasteiger partial charge < -0.3 is 10.4 Å². The molecule has 33 heavy (non-hydrogen) atoms. The number of amides is 5. The Morgan fingerprint density at radius 2 is 1.64 bits per heavy atom. The summed E-state index contributed by atoms with van der Waals surface area (Å²) >= 11 is 0. The first-order valence-electron chi connectivity index (χ1n) is 11.2. The van der Waals surface area contributed by atoms with Gasteiger partial charge in [0.25, 0.3) is 11.8 Å². The maximum Gasteiger partial charge on any atom is 0.303 e. The summed E-state index contributed by atoms with van der Waals surface area (Å²) in [5.74, 6) is -3.49. The Labute approximate surface area is 190 Å². The molecule has 3 N–H and O–H groups in total. The van der Waals surface area contributed by atoms with Crippen molar-refractivity contribution in [1.29, 1.82) is 0 Å². The van der Waals surface area contributed by atoms with Gasteiger partial charge in [-0.25, -0.2) is 0 Å². The van der Waals surface area contributed by atoms with E-state index in [-0.39, 0.29) is 48.4 Å². The second-order valence-corrected chi connectivity index (χ2v) is 8.24. The van der Waals surface area contributed by atoms with Crippen molar-refractivity contribution in [1.82, 2.24) is 10.2 Å². The normalized spacial score (nSPS) is 17.7. The maximum atomic E-state index is 13.0. The van der Waals surface area contributed by atoms with E-state index in [1.54, 1.807) is 12.1 Å². The quantitative estimate of drug-likeness (QED) is 0.341. The van der Waals surface area contributed by atoms with Gasteiger partial charge in [-0.1, -0.05) is 31.7 Å². The third-order valence-electron chi connectivity index (χ3n) is 5.79. The van der Waals surface area contributed by atoms with Gasteiger partial charge in [-0.2, -0.15) is 0 Å². The fourth-order valence-electron chi connectivity index (χ4n) is 4.10. The van der Waals surface area contributed by atoms with Crippen LogP contribution in [-0.2, 0) is 19.2 Å². The second kappa shape index (κ2) is 10.8. The number of nitrogens with zero attached hydrogens (tertiary/aromatic N) is 1. The van der Waals surface area contributed by atoms with Gasteiger partial charge in [0, 0.05) is 19.3 Å². The van der Waals surface area contributed by atoms with Gasteiger partial charge in [0.05, 0.1) is 16.8 Å². The van der Waals surface area contributed by atoms with Crippen LogP contribution in [-0.4, -0.2) is 51.6 Å². The number of carbonyl (C=O) groups excluding carboxylic acids is 5. The molecule has 10 nitrogen and oxygen atoms in total. The standard InChI is InChI=1S/C23H27N3O7/c27-17(10-5-3-1-2-4-6-11-19(29)30)24-15-9-7-8-14-20(15)23(33)26(22(14)32)16-12-13-18(28)25-21(16)31/h7-9,16H,1-6,10-13H2,(H,24,27)(H,29,30)(H,25,28,31). The number of fused-ring (bicyclic) bond motifs is 1. The average molecular weight is 457 g/mol. The molecule has 0 bridgehead atoms. The van der Waals surface area contributed by atoms with E-state index < -0.39 is 35.6 Å². The van der Waals surface area contributed by atoms with E-state index in [2.05, 4.69) is 10.6 Å². The Morgan fingerprint density at radius 3 is 2.30 bits per heavy atom. The third kappa shape index (κ3) is 5.82. The lowest BCUT2D eigenvalue weighted by Crippen LogP contribution is -2.54. The highest BCUT2D eigenvalue weighted by molar-refractivity contribution is 6.26. The van der Waals surface area contributed by atoms with Crippen molar-refractivity contribution >= 4 is 41.2 Å². The Morgan fingerprint density at radius 1 is 0.970 bits per heavy atom. The Kier molecular flexibility index (Phi) is 7.92. The minimum absolute atomic E-state index is 0.0347. The van der Waals surface area contributed by atoms with Crippen LogP contribution in [0, 0.1) is 0 Å². The van der Waals surface area contributed by atoms with Crippen LogP contribution in [0.3, 0.4) is 0 Å². The van der Waals surface area contributed by atoms with Gasteiger partial charge in [-0.15, -0.1) is 0 Å². The second-order valence-electron chi connectivity index (χ2n) is 8.24. The predicted molar refractivity (Wildman–Crippen MR) is 116 cm³/mol. The van der Waals surface area contributed by atoms with Crippen LogP contribution in [0.4, 0.5) is 5.69 Å². The zero-order chi connectivity index (χ0) is 24.0. The maximum absolute atomic E-state index is 13.0. The number of hydrogen-bond acceptors (Lipinski definition) is 6. The summed E-state index contributed by atoms with van der Waals surface area (Å²) in [7, 11) is 0. The summed E-state index contributed by atoms with van der Waals surface area (Å²) in [4.78, 5) is 73.2. The molecule has 0 aliphatic carbocycles. The lowest BCUT2D eigenvalue weighted by Gasteiger charge is -2.27. The van der Waals surface area contributed by atoms with E-state index >= 15 is 0 Å². The molecule has 10 heteroatoms. The van der Waals surface area contributed by atoms with Crippen molar-refractivity contribution in [3.05, 3.63) is 29.3 Å². The number of carbonyl (C=O) groups is 6. The monoisotopic (exact) mass is 457 g/mol. The van der Waals surface area contributed by atoms with Crippen LogP contribution in [0.5, 0.6) is 0 Å². The lowest BCUT2D eigenvalue weighted by atomic mass is 10.0. The van der Waals surface area contributed by atoms with Crippen molar-refractivity contribution in [3.63, 3.8) is 0 Å². The number of aliphatic carboxylic acids is 1. The van der Waals surface area contributed by atoms with E-state index in [1.807, 2.05) is 0 Å². The van der Waals surface area contributed by atoms with Gasteiger partial charge >= 0.3 is 5.97 Å². The predicted octanol–water partition coefficient (Wildman–Crippen LogP) is 2.23. The number of carboxylic acids is 1. The van der Waals surface area contributed by atoms with Gasteiger partial charge in [-0.05, 0) is 31.4 Å². The number of rotatable bonds is 11. The SMILES string of the molecule is O=C(O)CCCCCCCCC(=O)Nc1cccc2c1C(=O)N(C1CCC(=O)NC1=O)C2=O. The van der Waals surface area contributed by atoms with Crippen LogP contribution in [0.25, 0.3) is 0 Å². The van der Waals surface area contributed by atoms with Crippen LogP contribution >= 0.6 is 0 Å². The van der Waals surface area contributed by atoms with E-state index in [4.69, 9.17) is 5.11 Å². The number of imide groups is 2. The zero-order valence-corrected chi connectivity index (χ0v) is 18.2. The van der Waals surface area contributed by atoms with Crippen LogP contribution in [0.2, 0.25) is 0 Å². The van der Waals surface area contributed by atoms with Gasteiger partial charge in [0.15, 0.2) is 0 Å². The number of piperidine rings is 1. The Bertz CT molecular complexity index is 988. The van der Waals surface area contributed by atoms with Crippen LogP contribution in [0.1, 0.15) is 84.9 Å². The van der Waals surface area contributed by atoms with Gasteiger partial charge in [-0.3, -0.25) is 39.0 Å². The Balaban J connectivity index is 1.54. The number of benzene rings is 1. The summed E-state index contributed by atoms with van der Waals surface area (Å²) in [5, 5.41) is 13.5. The molecule has 1 fully saturated rings. The number of unbranched alkanes of at least 4 members (excludes halogenated alkanes) is 5. The molecule has 1 saturated heterocycles. The number of hydrogen-bond donors (Lipinski definition) is 3. The summed E-state index contributed by atoms with van der Waals surface area (Å²) in [6.07, 6.45) is 5.30. The summed E-state index contributed by atoms with van der Waals surface area (Å²) in [6.45, 7) is 0. The molecule has 2 heterocycles. The smallest absolute Gasteiger partial charge is 0.303 e. The highest BCUT2D eigenvalue weighted by Crippen LogP contribution is 2.32. The van der Waals surface area contributed by atoms with Crippen LogP contribution < -0.4 is 10.6 Å². The van der Waals surface area contributed by atoms with E-state index in [1.165, 1.54) is 6.07 Å². The van der Waals surface area contributed by atoms with Crippen molar-refractivity contribution < 1.29 is 33.9 Å². The number of anilines is 1. The van der Waals surface area contributed by atoms with E-state index in [0.29, 0.717) is 12.8 Å². The van der Waals surface area contributed by atoms with Crippen molar-refractivity contribution in [3.8, 4) is 0 Å². The molecule has 176 valence electrons. The third-order valence-corrected chi connectivity index (χ3v) is 5.79. The summed E-state index contributed by atoms with van der Waals surface area (Å²) < 4.78 is 0. The largest absolute Gasteiger partial charge is 0.481 e. The van der Waals surface area contributed by atoms with Crippen molar-refractivity contribution in [2.45, 2.75) is 70.3 Å². The Hall–Kier alpha value is -3.56. The highest BCUT2D eigenvalue weighted by atomic mass is 16.4.